The van der Waals surface area contributed by atoms with E-state index in [1.54, 1.807) is 0 Å². The summed E-state index contributed by atoms with van der Waals surface area (Å²) in [5, 5.41) is 3.55. The molecule has 0 amide bonds. The van der Waals surface area contributed by atoms with Crippen LogP contribution in [0.15, 0.2) is 0 Å². The summed E-state index contributed by atoms with van der Waals surface area (Å²) >= 11 is 0. The van der Waals surface area contributed by atoms with E-state index in [0.717, 1.165) is 12.1 Å². The number of fused-ring (bicyclic) bond motifs is 2. The van der Waals surface area contributed by atoms with Gasteiger partial charge < -0.3 is 5.32 Å². The number of nitrogens with one attached hydrogen (secondary N) is 1. The first-order valence-corrected chi connectivity index (χ1v) is 5.01. The summed E-state index contributed by atoms with van der Waals surface area (Å²) in [6, 6.07) is 1.62. The molecule has 0 spiro atoms. The van der Waals surface area contributed by atoms with Crippen molar-refractivity contribution in [3.8, 4) is 0 Å². The molecule has 1 N–H and O–H groups in total. The van der Waals surface area contributed by atoms with E-state index in [9.17, 15) is 0 Å². The van der Waals surface area contributed by atoms with Gasteiger partial charge in [0.05, 0.1) is 0 Å². The lowest BCUT2D eigenvalue weighted by atomic mass is 9.88. The highest BCUT2D eigenvalue weighted by Crippen LogP contribution is 2.24. The monoisotopic (exact) mass is 168 g/mol. The molecule has 3 fully saturated rings. The van der Waals surface area contributed by atoms with Crippen molar-refractivity contribution in [1.29, 1.82) is 0 Å². The highest BCUT2D eigenvalue weighted by Gasteiger charge is 2.37. The molecule has 0 aromatic heterocycles. The van der Waals surface area contributed by atoms with Crippen molar-refractivity contribution in [2.24, 2.45) is 5.41 Å². The van der Waals surface area contributed by atoms with Gasteiger partial charge in [-0.05, 0) is 11.8 Å². The van der Waals surface area contributed by atoms with Crippen LogP contribution in [0.3, 0.4) is 0 Å². The van der Waals surface area contributed by atoms with Gasteiger partial charge in [0, 0.05) is 31.7 Å². The number of nitrogens with zero attached hydrogens (tertiary/aromatic N) is 1. The fraction of sp³-hybridized carbons (Fsp3) is 1.00. The van der Waals surface area contributed by atoms with E-state index in [4.69, 9.17) is 0 Å². The molecule has 2 atom stereocenters. The van der Waals surface area contributed by atoms with Crippen molar-refractivity contribution in [1.82, 2.24) is 10.2 Å². The summed E-state index contributed by atoms with van der Waals surface area (Å²) in [5.41, 5.74) is 0.462. The SMILES string of the molecule is CC(C)(C)CN1CC2CC(C1)N2. The fourth-order valence-corrected chi connectivity index (χ4v) is 2.40. The number of hydrogen-bond donors (Lipinski definition) is 1. The van der Waals surface area contributed by atoms with Gasteiger partial charge in [0.1, 0.15) is 0 Å². The zero-order valence-corrected chi connectivity index (χ0v) is 8.43. The molecule has 3 saturated heterocycles. The number of piperazine rings is 1. The van der Waals surface area contributed by atoms with Crippen LogP contribution in [0.1, 0.15) is 27.2 Å². The molecule has 3 aliphatic heterocycles. The molecule has 2 heteroatoms. The summed E-state index contributed by atoms with van der Waals surface area (Å²) in [6.45, 7) is 10.8. The van der Waals surface area contributed by atoms with Crippen LogP contribution in [0.5, 0.6) is 0 Å². The van der Waals surface area contributed by atoms with Gasteiger partial charge in [0.25, 0.3) is 0 Å². The minimum atomic E-state index is 0.462. The van der Waals surface area contributed by atoms with Crippen LogP contribution in [0, 0.1) is 5.41 Å². The maximum Gasteiger partial charge on any atom is 0.0213 e. The molecule has 70 valence electrons. The Morgan fingerprint density at radius 2 is 1.75 bits per heavy atom. The number of rotatable bonds is 1. The highest BCUT2D eigenvalue weighted by atomic mass is 15.3. The van der Waals surface area contributed by atoms with E-state index in [-0.39, 0.29) is 0 Å². The third-order valence-corrected chi connectivity index (χ3v) is 2.70. The summed E-state index contributed by atoms with van der Waals surface area (Å²) in [6.07, 6.45) is 1.42. The van der Waals surface area contributed by atoms with Crippen molar-refractivity contribution >= 4 is 0 Å². The Hall–Kier alpha value is -0.0800. The second kappa shape index (κ2) is 2.71. The van der Waals surface area contributed by atoms with Gasteiger partial charge in [-0.25, -0.2) is 0 Å². The highest BCUT2D eigenvalue weighted by molar-refractivity contribution is 4.98. The first kappa shape index (κ1) is 8.52. The van der Waals surface area contributed by atoms with Crippen LogP contribution >= 0.6 is 0 Å². The molecule has 2 unspecified atom stereocenters. The number of piperidine rings is 1. The van der Waals surface area contributed by atoms with E-state index in [0.29, 0.717) is 5.41 Å². The number of hydrogen-bond acceptors (Lipinski definition) is 2. The Morgan fingerprint density at radius 3 is 2.17 bits per heavy atom. The maximum atomic E-state index is 3.55. The standard InChI is InChI=1S/C10H20N2/c1-10(2,3)7-12-5-8-4-9(6-12)11-8/h8-9,11H,4-7H2,1-3H3. The van der Waals surface area contributed by atoms with Crippen LogP contribution in [0.4, 0.5) is 0 Å². The largest absolute Gasteiger partial charge is 0.309 e. The zero-order chi connectivity index (χ0) is 8.77. The van der Waals surface area contributed by atoms with Crippen molar-refractivity contribution in [2.75, 3.05) is 19.6 Å². The van der Waals surface area contributed by atoms with Crippen molar-refractivity contribution < 1.29 is 0 Å². The Labute approximate surface area is 75.3 Å². The Balaban J connectivity index is 1.82. The summed E-state index contributed by atoms with van der Waals surface area (Å²) in [5.74, 6) is 0. The Bertz CT molecular complexity index is 155. The van der Waals surface area contributed by atoms with Crippen molar-refractivity contribution in [2.45, 2.75) is 39.3 Å². The van der Waals surface area contributed by atoms with Crippen LogP contribution in [0.2, 0.25) is 0 Å². The second-order valence-corrected chi connectivity index (χ2v) is 5.55. The summed E-state index contributed by atoms with van der Waals surface area (Å²) in [7, 11) is 0. The molecule has 0 saturated carbocycles. The van der Waals surface area contributed by atoms with Crippen LogP contribution in [-0.4, -0.2) is 36.6 Å². The van der Waals surface area contributed by atoms with Gasteiger partial charge in [0.15, 0.2) is 0 Å². The van der Waals surface area contributed by atoms with Crippen LogP contribution in [0.25, 0.3) is 0 Å². The smallest absolute Gasteiger partial charge is 0.0213 e. The van der Waals surface area contributed by atoms with Gasteiger partial charge in [-0.1, -0.05) is 20.8 Å². The predicted molar refractivity (Wildman–Crippen MR) is 51.2 cm³/mol. The first-order chi connectivity index (χ1) is 5.53. The zero-order valence-electron chi connectivity index (χ0n) is 8.43. The average Bonchev–Trinajstić information content (AvgIpc) is 1.80. The lowest BCUT2D eigenvalue weighted by Gasteiger charge is -2.49. The second-order valence-electron chi connectivity index (χ2n) is 5.55. The third-order valence-electron chi connectivity index (χ3n) is 2.70. The van der Waals surface area contributed by atoms with Gasteiger partial charge >= 0.3 is 0 Å². The van der Waals surface area contributed by atoms with Gasteiger partial charge in [-0.15, -0.1) is 0 Å². The lowest BCUT2D eigenvalue weighted by molar-refractivity contribution is 0.0544. The minimum Gasteiger partial charge on any atom is -0.309 e. The van der Waals surface area contributed by atoms with Crippen molar-refractivity contribution in [3.63, 3.8) is 0 Å². The van der Waals surface area contributed by atoms with E-state index in [1.165, 1.54) is 26.1 Å². The Kier molecular flexibility index (Phi) is 1.92. The van der Waals surface area contributed by atoms with Crippen LogP contribution in [-0.2, 0) is 0 Å². The molecule has 3 rings (SSSR count). The maximum absolute atomic E-state index is 3.55. The van der Waals surface area contributed by atoms with Crippen molar-refractivity contribution in [3.05, 3.63) is 0 Å². The molecular weight excluding hydrogens is 148 g/mol. The molecule has 3 heterocycles. The lowest BCUT2D eigenvalue weighted by Crippen LogP contribution is -2.67. The normalized spacial score (nSPS) is 36.2. The van der Waals surface area contributed by atoms with E-state index >= 15 is 0 Å². The average molecular weight is 168 g/mol. The van der Waals surface area contributed by atoms with E-state index < -0.39 is 0 Å². The summed E-state index contributed by atoms with van der Waals surface area (Å²) in [4.78, 5) is 2.61. The molecule has 0 radical (unpaired) electrons. The topological polar surface area (TPSA) is 15.3 Å². The quantitative estimate of drug-likeness (QED) is 0.630. The van der Waals surface area contributed by atoms with E-state index in [2.05, 4.69) is 31.0 Å². The predicted octanol–water partition coefficient (Wildman–Crippen LogP) is 1.08. The first-order valence-electron chi connectivity index (χ1n) is 5.01. The molecule has 0 aromatic carbocycles. The van der Waals surface area contributed by atoms with Crippen LogP contribution < -0.4 is 5.32 Å². The van der Waals surface area contributed by atoms with Gasteiger partial charge in [0.2, 0.25) is 0 Å². The minimum absolute atomic E-state index is 0.462. The molecule has 12 heavy (non-hydrogen) atoms. The molecule has 2 bridgehead atoms. The third kappa shape index (κ3) is 1.80. The molecule has 2 nitrogen and oxygen atoms in total. The molecule has 0 aliphatic carbocycles. The summed E-state index contributed by atoms with van der Waals surface area (Å²) < 4.78 is 0. The molecular formula is C10H20N2. The Morgan fingerprint density at radius 1 is 1.25 bits per heavy atom. The molecule has 3 aliphatic rings. The molecule has 0 aromatic rings. The van der Waals surface area contributed by atoms with E-state index in [1.807, 2.05) is 0 Å². The van der Waals surface area contributed by atoms with Gasteiger partial charge in [-0.3, -0.25) is 4.90 Å². The van der Waals surface area contributed by atoms with Gasteiger partial charge in [-0.2, -0.15) is 0 Å². The fourth-order valence-electron chi connectivity index (χ4n) is 2.40.